The molecule has 3 rings (SSSR count). The van der Waals surface area contributed by atoms with E-state index in [1.165, 1.54) is 22.0 Å². The van der Waals surface area contributed by atoms with Crippen LogP contribution in [0.2, 0.25) is 5.02 Å². The predicted molar refractivity (Wildman–Crippen MR) is 94.1 cm³/mol. The fourth-order valence-corrected chi connectivity index (χ4v) is 3.27. The lowest BCUT2D eigenvalue weighted by Gasteiger charge is -2.08. The highest BCUT2D eigenvalue weighted by Crippen LogP contribution is 2.26. The largest absolute Gasteiger partial charge is 0.476 e. The third-order valence-corrected chi connectivity index (χ3v) is 4.67. The molecule has 0 unspecified atom stereocenters. The molecule has 0 aliphatic heterocycles. The molecule has 2 aromatic carbocycles. The number of nitrogens with zero attached hydrogens (tertiary/aromatic N) is 3. The van der Waals surface area contributed by atoms with Gasteiger partial charge in [0.2, 0.25) is 0 Å². The number of hydrogen-bond acceptors (Lipinski definition) is 4. The summed E-state index contributed by atoms with van der Waals surface area (Å²) in [7, 11) is 0. The lowest BCUT2D eigenvalue weighted by molar-refractivity contribution is 0.0689. The molecule has 0 saturated heterocycles. The molecular formula is C17H14ClN3O2S. The van der Waals surface area contributed by atoms with Crippen LogP contribution >= 0.6 is 23.4 Å². The quantitative estimate of drug-likeness (QED) is 0.691. The molecular weight excluding hydrogens is 346 g/mol. The molecule has 122 valence electrons. The van der Waals surface area contributed by atoms with Gasteiger partial charge in [-0.3, -0.25) is 0 Å². The number of thioether (sulfide) groups is 1. The van der Waals surface area contributed by atoms with Gasteiger partial charge in [-0.25, -0.2) is 9.48 Å². The minimum atomic E-state index is -1.09. The summed E-state index contributed by atoms with van der Waals surface area (Å²) in [5.41, 5.74) is 2.34. The number of benzene rings is 2. The molecule has 1 N–H and O–H groups in total. The van der Waals surface area contributed by atoms with Gasteiger partial charge in [-0.2, -0.15) is 0 Å². The Bertz CT molecular complexity index is 878. The van der Waals surface area contributed by atoms with E-state index in [4.69, 9.17) is 11.6 Å². The van der Waals surface area contributed by atoms with Gasteiger partial charge in [-0.15, -0.1) is 16.9 Å². The van der Waals surface area contributed by atoms with Crippen molar-refractivity contribution in [1.82, 2.24) is 15.0 Å². The van der Waals surface area contributed by atoms with Gasteiger partial charge in [0.15, 0.2) is 5.69 Å². The van der Waals surface area contributed by atoms with E-state index in [-0.39, 0.29) is 5.69 Å². The Morgan fingerprint density at radius 1 is 1.25 bits per heavy atom. The lowest BCUT2D eigenvalue weighted by atomic mass is 10.2. The van der Waals surface area contributed by atoms with E-state index in [9.17, 15) is 9.90 Å². The Morgan fingerprint density at radius 3 is 2.67 bits per heavy atom. The molecule has 1 aromatic heterocycles. The van der Waals surface area contributed by atoms with E-state index >= 15 is 0 Å². The smallest absolute Gasteiger partial charge is 0.358 e. The van der Waals surface area contributed by atoms with Gasteiger partial charge in [-0.1, -0.05) is 40.6 Å². The maximum atomic E-state index is 11.4. The molecule has 0 fully saturated rings. The fraction of sp³-hybridized carbons (Fsp3) is 0.118. The van der Waals surface area contributed by atoms with Gasteiger partial charge >= 0.3 is 5.97 Å². The summed E-state index contributed by atoms with van der Waals surface area (Å²) in [5, 5.41) is 17.7. The SMILES string of the molecule is Cc1ccc(SCc2c(C(=O)O)nnn2-c2cccc(Cl)c2)cc1. The first-order valence-corrected chi connectivity index (χ1v) is 8.54. The number of carboxylic acids is 1. The van der Waals surface area contributed by atoms with Gasteiger partial charge in [0.05, 0.1) is 11.4 Å². The molecule has 0 aliphatic carbocycles. The molecule has 7 heteroatoms. The van der Waals surface area contributed by atoms with Crippen molar-refractivity contribution in [2.24, 2.45) is 0 Å². The van der Waals surface area contributed by atoms with Crippen LogP contribution in [0.3, 0.4) is 0 Å². The normalized spacial score (nSPS) is 10.8. The van der Waals surface area contributed by atoms with Crippen molar-refractivity contribution in [2.45, 2.75) is 17.6 Å². The van der Waals surface area contributed by atoms with Gasteiger partial charge in [0.1, 0.15) is 0 Å². The van der Waals surface area contributed by atoms with E-state index in [1.54, 1.807) is 18.2 Å². The molecule has 5 nitrogen and oxygen atoms in total. The van der Waals surface area contributed by atoms with Crippen molar-refractivity contribution in [3.05, 3.63) is 70.5 Å². The Morgan fingerprint density at radius 2 is 2.00 bits per heavy atom. The zero-order valence-electron chi connectivity index (χ0n) is 12.8. The maximum Gasteiger partial charge on any atom is 0.358 e. The molecule has 0 atom stereocenters. The number of carbonyl (C=O) groups is 1. The number of rotatable bonds is 5. The van der Waals surface area contributed by atoms with Crippen LogP contribution in [0.1, 0.15) is 21.7 Å². The second kappa shape index (κ2) is 7.07. The number of halogens is 1. The van der Waals surface area contributed by atoms with Crippen LogP contribution in [0.4, 0.5) is 0 Å². The summed E-state index contributed by atoms with van der Waals surface area (Å²) < 4.78 is 1.52. The summed E-state index contributed by atoms with van der Waals surface area (Å²) in [5.74, 6) is -0.660. The van der Waals surface area contributed by atoms with Crippen LogP contribution in [0.25, 0.3) is 5.69 Å². The monoisotopic (exact) mass is 359 g/mol. The van der Waals surface area contributed by atoms with Crippen molar-refractivity contribution >= 4 is 29.3 Å². The predicted octanol–water partition coefficient (Wildman–Crippen LogP) is 4.22. The summed E-state index contributed by atoms with van der Waals surface area (Å²) >= 11 is 7.56. The highest BCUT2D eigenvalue weighted by molar-refractivity contribution is 7.98. The van der Waals surface area contributed by atoms with Crippen molar-refractivity contribution in [2.75, 3.05) is 0 Å². The molecule has 0 radical (unpaired) electrons. The Labute approximate surface area is 148 Å². The Balaban J connectivity index is 1.94. The fourth-order valence-electron chi connectivity index (χ4n) is 2.20. The second-order valence-electron chi connectivity index (χ2n) is 5.18. The van der Waals surface area contributed by atoms with Crippen LogP contribution in [-0.2, 0) is 5.75 Å². The first-order valence-electron chi connectivity index (χ1n) is 7.18. The summed E-state index contributed by atoms with van der Waals surface area (Å²) in [6.07, 6.45) is 0. The molecule has 3 aromatic rings. The average Bonchev–Trinajstić information content (AvgIpc) is 2.98. The summed E-state index contributed by atoms with van der Waals surface area (Å²) in [6, 6.07) is 15.1. The van der Waals surface area contributed by atoms with Crippen LogP contribution in [-0.4, -0.2) is 26.1 Å². The lowest BCUT2D eigenvalue weighted by Crippen LogP contribution is -2.06. The van der Waals surface area contributed by atoms with Gasteiger partial charge in [0.25, 0.3) is 0 Å². The standard InChI is InChI=1S/C17H14ClN3O2S/c1-11-5-7-14(8-6-11)24-10-15-16(17(22)23)19-20-21(15)13-4-2-3-12(18)9-13/h2-9H,10H2,1H3,(H,22,23). The topological polar surface area (TPSA) is 68.0 Å². The highest BCUT2D eigenvalue weighted by Gasteiger charge is 2.20. The van der Waals surface area contributed by atoms with Gasteiger partial charge in [-0.05, 0) is 37.3 Å². The van der Waals surface area contributed by atoms with Crippen molar-refractivity contribution in [3.8, 4) is 5.69 Å². The molecule has 0 spiro atoms. The molecule has 1 heterocycles. The molecule has 0 amide bonds. The van der Waals surface area contributed by atoms with E-state index in [0.29, 0.717) is 22.2 Å². The van der Waals surface area contributed by atoms with E-state index < -0.39 is 5.97 Å². The first kappa shape index (κ1) is 16.5. The van der Waals surface area contributed by atoms with E-state index in [0.717, 1.165) is 4.90 Å². The van der Waals surface area contributed by atoms with Crippen LogP contribution in [0, 0.1) is 6.92 Å². The number of hydrogen-bond donors (Lipinski definition) is 1. The second-order valence-corrected chi connectivity index (χ2v) is 6.67. The first-order chi connectivity index (χ1) is 11.5. The zero-order valence-corrected chi connectivity index (χ0v) is 14.4. The number of aryl methyl sites for hydroxylation is 1. The Hall–Kier alpha value is -2.31. The van der Waals surface area contributed by atoms with E-state index in [2.05, 4.69) is 10.3 Å². The minimum Gasteiger partial charge on any atom is -0.476 e. The number of aromatic nitrogens is 3. The minimum absolute atomic E-state index is 0.0467. The summed E-state index contributed by atoms with van der Waals surface area (Å²) in [4.78, 5) is 12.5. The summed E-state index contributed by atoms with van der Waals surface area (Å²) in [6.45, 7) is 2.02. The van der Waals surface area contributed by atoms with Crippen LogP contribution in [0.15, 0.2) is 53.4 Å². The Kier molecular flexibility index (Phi) is 4.87. The van der Waals surface area contributed by atoms with Crippen LogP contribution < -0.4 is 0 Å². The average molecular weight is 360 g/mol. The van der Waals surface area contributed by atoms with E-state index in [1.807, 2.05) is 37.3 Å². The van der Waals surface area contributed by atoms with Crippen molar-refractivity contribution in [3.63, 3.8) is 0 Å². The number of aromatic carboxylic acids is 1. The number of carboxylic acid groups (broad SMARTS) is 1. The van der Waals surface area contributed by atoms with Gasteiger partial charge < -0.3 is 5.11 Å². The maximum absolute atomic E-state index is 11.4. The van der Waals surface area contributed by atoms with Crippen molar-refractivity contribution < 1.29 is 9.90 Å². The highest BCUT2D eigenvalue weighted by atomic mass is 35.5. The third-order valence-electron chi connectivity index (χ3n) is 3.42. The molecule has 24 heavy (non-hydrogen) atoms. The zero-order chi connectivity index (χ0) is 17.1. The molecule has 0 aliphatic rings. The van der Waals surface area contributed by atoms with Crippen LogP contribution in [0.5, 0.6) is 0 Å². The van der Waals surface area contributed by atoms with Gasteiger partial charge in [0, 0.05) is 15.7 Å². The van der Waals surface area contributed by atoms with Crippen molar-refractivity contribution in [1.29, 1.82) is 0 Å². The molecule has 0 bridgehead atoms. The third kappa shape index (κ3) is 3.60. The molecule has 0 saturated carbocycles.